The van der Waals surface area contributed by atoms with Crippen molar-refractivity contribution in [2.24, 2.45) is 11.8 Å². The van der Waals surface area contributed by atoms with Crippen LogP contribution in [0.5, 0.6) is 0 Å². The van der Waals surface area contributed by atoms with Crippen molar-refractivity contribution in [2.75, 3.05) is 12.9 Å². The normalized spacial score (nSPS) is 30.3. The molecule has 0 aromatic heterocycles. The SMILES string of the molecule is CC1CCCC(COS(C)(=O)=O)C1. The second-order valence-corrected chi connectivity index (χ2v) is 5.77. The summed E-state index contributed by atoms with van der Waals surface area (Å²) >= 11 is 0. The molecule has 0 spiro atoms. The van der Waals surface area contributed by atoms with E-state index in [-0.39, 0.29) is 0 Å². The molecule has 1 aliphatic carbocycles. The van der Waals surface area contributed by atoms with E-state index in [9.17, 15) is 8.42 Å². The highest BCUT2D eigenvalue weighted by Crippen LogP contribution is 2.28. The molecule has 3 nitrogen and oxygen atoms in total. The van der Waals surface area contributed by atoms with E-state index in [0.29, 0.717) is 12.5 Å². The van der Waals surface area contributed by atoms with Gasteiger partial charge in [0.15, 0.2) is 0 Å². The largest absolute Gasteiger partial charge is 0.270 e. The van der Waals surface area contributed by atoms with Crippen LogP contribution in [0.3, 0.4) is 0 Å². The van der Waals surface area contributed by atoms with Crippen LogP contribution in [0.4, 0.5) is 0 Å². The van der Waals surface area contributed by atoms with Crippen molar-refractivity contribution in [1.82, 2.24) is 0 Å². The minimum atomic E-state index is -3.24. The van der Waals surface area contributed by atoms with Gasteiger partial charge in [0.05, 0.1) is 12.9 Å². The number of hydrogen-bond donors (Lipinski definition) is 0. The summed E-state index contributed by atoms with van der Waals surface area (Å²) in [6, 6.07) is 0. The van der Waals surface area contributed by atoms with Crippen molar-refractivity contribution in [3.8, 4) is 0 Å². The quantitative estimate of drug-likeness (QED) is 0.661. The Hall–Kier alpha value is -0.0900. The molecule has 1 saturated carbocycles. The van der Waals surface area contributed by atoms with E-state index in [1.165, 1.54) is 12.8 Å². The van der Waals surface area contributed by atoms with Crippen LogP contribution in [0.2, 0.25) is 0 Å². The summed E-state index contributed by atoms with van der Waals surface area (Å²) in [5.41, 5.74) is 0. The average molecular weight is 206 g/mol. The zero-order valence-corrected chi connectivity index (χ0v) is 9.14. The van der Waals surface area contributed by atoms with Gasteiger partial charge in [-0.1, -0.05) is 19.8 Å². The van der Waals surface area contributed by atoms with Crippen molar-refractivity contribution < 1.29 is 12.6 Å². The molecule has 0 heterocycles. The Morgan fingerprint density at radius 2 is 2.08 bits per heavy atom. The van der Waals surface area contributed by atoms with Crippen LogP contribution >= 0.6 is 0 Å². The van der Waals surface area contributed by atoms with E-state index in [0.717, 1.165) is 25.0 Å². The lowest BCUT2D eigenvalue weighted by atomic mass is 9.83. The third-order valence-electron chi connectivity index (χ3n) is 2.56. The molecule has 0 aromatic carbocycles. The molecule has 0 N–H and O–H groups in total. The van der Waals surface area contributed by atoms with Crippen molar-refractivity contribution in [3.63, 3.8) is 0 Å². The molecule has 2 atom stereocenters. The number of hydrogen-bond acceptors (Lipinski definition) is 3. The number of rotatable bonds is 3. The Morgan fingerprint density at radius 3 is 2.62 bits per heavy atom. The molecule has 0 saturated heterocycles. The highest BCUT2D eigenvalue weighted by atomic mass is 32.2. The van der Waals surface area contributed by atoms with E-state index in [1.54, 1.807) is 0 Å². The van der Waals surface area contributed by atoms with Crippen LogP contribution in [0.25, 0.3) is 0 Å². The van der Waals surface area contributed by atoms with Gasteiger partial charge in [-0.25, -0.2) is 0 Å². The fourth-order valence-electron chi connectivity index (χ4n) is 1.93. The molecule has 1 rings (SSSR count). The second-order valence-electron chi connectivity index (χ2n) is 4.13. The molecular weight excluding hydrogens is 188 g/mol. The van der Waals surface area contributed by atoms with Crippen LogP contribution in [-0.4, -0.2) is 21.3 Å². The van der Waals surface area contributed by atoms with Gasteiger partial charge >= 0.3 is 0 Å². The Bertz CT molecular complexity index is 246. The van der Waals surface area contributed by atoms with E-state index in [2.05, 4.69) is 6.92 Å². The molecule has 1 fully saturated rings. The first-order chi connectivity index (χ1) is 5.97. The van der Waals surface area contributed by atoms with Crippen LogP contribution in [0.15, 0.2) is 0 Å². The second kappa shape index (κ2) is 4.42. The lowest BCUT2D eigenvalue weighted by molar-refractivity contribution is 0.187. The van der Waals surface area contributed by atoms with Gasteiger partial charge in [-0.3, -0.25) is 4.18 Å². The molecule has 0 radical (unpaired) electrons. The Kier molecular flexibility index (Phi) is 3.74. The fourth-order valence-corrected chi connectivity index (χ4v) is 2.37. The smallest absolute Gasteiger partial charge is 0.264 e. The molecule has 0 bridgehead atoms. The molecule has 0 aromatic rings. The molecule has 78 valence electrons. The third kappa shape index (κ3) is 4.62. The topological polar surface area (TPSA) is 43.4 Å². The Balaban J connectivity index is 2.29. The monoisotopic (exact) mass is 206 g/mol. The lowest BCUT2D eigenvalue weighted by Gasteiger charge is -2.25. The van der Waals surface area contributed by atoms with E-state index < -0.39 is 10.1 Å². The maximum Gasteiger partial charge on any atom is 0.264 e. The highest BCUT2D eigenvalue weighted by molar-refractivity contribution is 7.85. The molecule has 4 heteroatoms. The minimum absolute atomic E-state index is 0.378. The van der Waals surface area contributed by atoms with Gasteiger partial charge in [0.1, 0.15) is 0 Å². The highest BCUT2D eigenvalue weighted by Gasteiger charge is 2.20. The Labute approximate surface area is 80.6 Å². The summed E-state index contributed by atoms with van der Waals surface area (Å²) < 4.78 is 26.3. The zero-order valence-electron chi connectivity index (χ0n) is 8.32. The van der Waals surface area contributed by atoms with Crippen molar-refractivity contribution in [3.05, 3.63) is 0 Å². The van der Waals surface area contributed by atoms with Crippen molar-refractivity contribution in [1.29, 1.82) is 0 Å². The van der Waals surface area contributed by atoms with E-state index in [4.69, 9.17) is 4.18 Å². The van der Waals surface area contributed by atoms with Gasteiger partial charge in [0.2, 0.25) is 0 Å². The maximum atomic E-state index is 10.7. The third-order valence-corrected chi connectivity index (χ3v) is 3.13. The predicted molar refractivity (Wildman–Crippen MR) is 51.9 cm³/mol. The van der Waals surface area contributed by atoms with Crippen LogP contribution in [0, 0.1) is 11.8 Å². The zero-order chi connectivity index (χ0) is 9.90. The Morgan fingerprint density at radius 1 is 1.38 bits per heavy atom. The summed E-state index contributed by atoms with van der Waals surface area (Å²) in [4.78, 5) is 0. The van der Waals surface area contributed by atoms with E-state index >= 15 is 0 Å². The van der Waals surface area contributed by atoms with Gasteiger partial charge in [0.25, 0.3) is 10.1 Å². The first-order valence-electron chi connectivity index (χ1n) is 4.82. The maximum absolute atomic E-state index is 10.7. The first kappa shape index (κ1) is 11.0. The first-order valence-corrected chi connectivity index (χ1v) is 6.63. The van der Waals surface area contributed by atoms with E-state index in [1.807, 2.05) is 0 Å². The van der Waals surface area contributed by atoms with Gasteiger partial charge in [-0.05, 0) is 24.7 Å². The van der Waals surface area contributed by atoms with Crippen molar-refractivity contribution >= 4 is 10.1 Å². The van der Waals surface area contributed by atoms with Gasteiger partial charge in [-0.2, -0.15) is 8.42 Å². The average Bonchev–Trinajstić information content (AvgIpc) is 2.00. The van der Waals surface area contributed by atoms with Crippen LogP contribution < -0.4 is 0 Å². The van der Waals surface area contributed by atoms with Crippen LogP contribution in [-0.2, 0) is 14.3 Å². The summed E-state index contributed by atoms with van der Waals surface area (Å²) in [6.07, 6.45) is 5.81. The summed E-state index contributed by atoms with van der Waals surface area (Å²) in [6.45, 7) is 2.59. The standard InChI is InChI=1S/C9H18O3S/c1-8-4-3-5-9(6-8)7-12-13(2,10)11/h8-9H,3-7H2,1-2H3. The fraction of sp³-hybridized carbons (Fsp3) is 1.00. The molecule has 0 aliphatic heterocycles. The lowest BCUT2D eigenvalue weighted by Crippen LogP contribution is -2.19. The van der Waals surface area contributed by atoms with Gasteiger partial charge in [-0.15, -0.1) is 0 Å². The van der Waals surface area contributed by atoms with Gasteiger partial charge < -0.3 is 0 Å². The molecule has 2 unspecified atom stereocenters. The summed E-state index contributed by atoms with van der Waals surface area (Å²) in [5.74, 6) is 1.17. The summed E-state index contributed by atoms with van der Waals surface area (Å²) in [7, 11) is -3.24. The summed E-state index contributed by atoms with van der Waals surface area (Å²) in [5, 5.41) is 0. The predicted octanol–water partition coefficient (Wildman–Crippen LogP) is 1.79. The molecular formula is C9H18O3S. The van der Waals surface area contributed by atoms with Gasteiger partial charge in [0, 0.05) is 0 Å². The minimum Gasteiger partial charge on any atom is -0.270 e. The molecule has 0 amide bonds. The molecule has 1 aliphatic rings. The van der Waals surface area contributed by atoms with Crippen molar-refractivity contribution in [2.45, 2.75) is 32.6 Å². The van der Waals surface area contributed by atoms with Crippen LogP contribution in [0.1, 0.15) is 32.6 Å². The molecule has 13 heavy (non-hydrogen) atoms.